The van der Waals surface area contributed by atoms with Gasteiger partial charge in [-0.3, -0.25) is 4.79 Å². The minimum Gasteiger partial charge on any atom is -0.356 e. The number of nitrogens with one attached hydrogen (secondary N) is 2. The SMILES string of the molecule is CC1CC(C)CN(CCCCNC(=O)C2CC23CCNCC3)C1.Cl.Cl. The van der Waals surface area contributed by atoms with Crippen LogP contribution < -0.4 is 10.6 Å². The number of hydrogen-bond acceptors (Lipinski definition) is 3. The molecule has 25 heavy (non-hydrogen) atoms. The van der Waals surface area contributed by atoms with Gasteiger partial charge in [-0.2, -0.15) is 0 Å². The van der Waals surface area contributed by atoms with Gasteiger partial charge in [0.2, 0.25) is 5.91 Å². The molecule has 0 aromatic heterocycles. The van der Waals surface area contributed by atoms with Crippen LogP contribution in [0.3, 0.4) is 0 Å². The summed E-state index contributed by atoms with van der Waals surface area (Å²) in [5.74, 6) is 2.32. The van der Waals surface area contributed by atoms with Crippen molar-refractivity contribution in [3.63, 3.8) is 0 Å². The molecule has 6 heteroatoms. The molecule has 0 aromatic rings. The number of rotatable bonds is 6. The molecule has 3 fully saturated rings. The van der Waals surface area contributed by atoms with Crippen molar-refractivity contribution in [3.05, 3.63) is 0 Å². The summed E-state index contributed by atoms with van der Waals surface area (Å²) in [5, 5.41) is 6.59. The molecule has 0 radical (unpaired) electrons. The third-order valence-electron chi connectivity index (χ3n) is 6.25. The van der Waals surface area contributed by atoms with E-state index in [9.17, 15) is 4.79 Å². The highest BCUT2D eigenvalue weighted by atomic mass is 35.5. The number of carbonyl (C=O) groups excluding carboxylic acids is 1. The highest BCUT2D eigenvalue weighted by molar-refractivity contribution is 5.85. The molecule has 3 atom stereocenters. The fourth-order valence-electron chi connectivity index (χ4n) is 4.97. The standard InChI is InChI=1S/C19H35N3O.2ClH/c1-15-11-16(2)14-22(13-15)10-4-3-7-21-18(23)17-12-19(17)5-8-20-9-6-19;;/h15-17,20H,3-14H2,1-2H3,(H,21,23);2*1H. The van der Waals surface area contributed by atoms with E-state index in [-0.39, 0.29) is 24.8 Å². The summed E-state index contributed by atoms with van der Waals surface area (Å²) in [7, 11) is 0. The van der Waals surface area contributed by atoms with E-state index < -0.39 is 0 Å². The summed E-state index contributed by atoms with van der Waals surface area (Å²) >= 11 is 0. The molecular formula is C19H37Cl2N3O. The molecule has 0 bridgehead atoms. The Labute approximate surface area is 166 Å². The lowest BCUT2D eigenvalue weighted by molar-refractivity contribution is -0.123. The molecular weight excluding hydrogens is 357 g/mol. The van der Waals surface area contributed by atoms with Crippen molar-refractivity contribution >= 4 is 30.7 Å². The van der Waals surface area contributed by atoms with Crippen molar-refractivity contribution < 1.29 is 4.79 Å². The summed E-state index contributed by atoms with van der Waals surface area (Å²) < 4.78 is 0. The first-order chi connectivity index (χ1) is 11.1. The lowest BCUT2D eigenvalue weighted by Gasteiger charge is -2.34. The Hall–Kier alpha value is -0.0300. The summed E-state index contributed by atoms with van der Waals surface area (Å²) in [5.41, 5.74) is 0.370. The van der Waals surface area contributed by atoms with Crippen molar-refractivity contribution in [1.82, 2.24) is 15.5 Å². The van der Waals surface area contributed by atoms with Gasteiger partial charge in [-0.25, -0.2) is 0 Å². The average molecular weight is 394 g/mol. The van der Waals surface area contributed by atoms with Crippen LogP contribution in [0.15, 0.2) is 0 Å². The maximum absolute atomic E-state index is 12.3. The van der Waals surface area contributed by atoms with E-state index in [4.69, 9.17) is 0 Å². The van der Waals surface area contributed by atoms with Gasteiger partial charge in [-0.1, -0.05) is 13.8 Å². The quantitative estimate of drug-likeness (QED) is 0.681. The van der Waals surface area contributed by atoms with Crippen LogP contribution in [0.1, 0.15) is 52.4 Å². The molecule has 1 spiro atoms. The molecule has 3 rings (SSSR count). The van der Waals surface area contributed by atoms with Crippen LogP contribution in [-0.4, -0.2) is 50.1 Å². The van der Waals surface area contributed by atoms with Crippen LogP contribution in [0.4, 0.5) is 0 Å². The molecule has 0 aromatic carbocycles. The Bertz CT molecular complexity index is 405. The van der Waals surface area contributed by atoms with E-state index in [2.05, 4.69) is 29.4 Å². The average Bonchev–Trinajstić information content (AvgIpc) is 3.20. The van der Waals surface area contributed by atoms with Gasteiger partial charge in [0.25, 0.3) is 0 Å². The second-order valence-electron chi connectivity index (χ2n) is 8.57. The molecule has 2 heterocycles. The van der Waals surface area contributed by atoms with Gasteiger partial charge >= 0.3 is 0 Å². The number of carbonyl (C=O) groups is 1. The van der Waals surface area contributed by atoms with Crippen molar-refractivity contribution in [3.8, 4) is 0 Å². The monoisotopic (exact) mass is 393 g/mol. The van der Waals surface area contributed by atoms with Gasteiger partial charge in [0.15, 0.2) is 0 Å². The first-order valence-corrected chi connectivity index (χ1v) is 9.80. The smallest absolute Gasteiger partial charge is 0.223 e. The number of amides is 1. The van der Waals surface area contributed by atoms with E-state index >= 15 is 0 Å². The molecule has 1 amide bonds. The van der Waals surface area contributed by atoms with Crippen LogP contribution >= 0.6 is 24.8 Å². The topological polar surface area (TPSA) is 44.4 Å². The zero-order valence-electron chi connectivity index (χ0n) is 15.9. The zero-order chi connectivity index (χ0) is 16.3. The Balaban J connectivity index is 0.00000156. The van der Waals surface area contributed by atoms with Gasteiger partial charge < -0.3 is 15.5 Å². The molecule has 2 N–H and O–H groups in total. The summed E-state index contributed by atoms with van der Waals surface area (Å²) in [6.07, 6.45) is 7.22. The number of halogens is 2. The number of unbranched alkanes of at least 4 members (excludes halogenated alkanes) is 1. The highest BCUT2D eigenvalue weighted by Gasteiger charge is 2.57. The van der Waals surface area contributed by atoms with Crippen molar-refractivity contribution in [2.45, 2.75) is 52.4 Å². The van der Waals surface area contributed by atoms with Gasteiger partial charge in [0.05, 0.1) is 0 Å². The largest absolute Gasteiger partial charge is 0.356 e. The zero-order valence-corrected chi connectivity index (χ0v) is 17.5. The Morgan fingerprint density at radius 3 is 2.40 bits per heavy atom. The Morgan fingerprint density at radius 1 is 1.12 bits per heavy atom. The molecule has 1 saturated carbocycles. The fraction of sp³-hybridized carbons (Fsp3) is 0.947. The second kappa shape index (κ2) is 10.3. The molecule has 1 aliphatic carbocycles. The third-order valence-corrected chi connectivity index (χ3v) is 6.25. The molecule has 148 valence electrons. The first kappa shape index (κ1) is 23.0. The highest BCUT2D eigenvalue weighted by Crippen LogP contribution is 2.58. The van der Waals surface area contributed by atoms with Gasteiger partial charge in [0, 0.05) is 25.6 Å². The number of piperidine rings is 2. The lowest BCUT2D eigenvalue weighted by Crippen LogP contribution is -2.39. The molecule has 2 saturated heterocycles. The van der Waals surface area contributed by atoms with Crippen LogP contribution in [0.5, 0.6) is 0 Å². The van der Waals surface area contributed by atoms with E-state index in [1.807, 2.05) is 0 Å². The Morgan fingerprint density at radius 2 is 1.76 bits per heavy atom. The summed E-state index contributed by atoms with van der Waals surface area (Å²) in [6, 6.07) is 0. The van der Waals surface area contributed by atoms with Crippen LogP contribution in [0.25, 0.3) is 0 Å². The maximum atomic E-state index is 12.3. The number of nitrogens with zero attached hydrogens (tertiary/aromatic N) is 1. The lowest BCUT2D eigenvalue weighted by atomic mass is 9.91. The fourth-order valence-corrected chi connectivity index (χ4v) is 4.97. The van der Waals surface area contributed by atoms with Crippen LogP contribution in [-0.2, 0) is 4.79 Å². The van der Waals surface area contributed by atoms with Crippen molar-refractivity contribution in [1.29, 1.82) is 0 Å². The molecule has 3 aliphatic rings. The minimum atomic E-state index is 0. The van der Waals surface area contributed by atoms with E-state index in [0.717, 1.165) is 44.3 Å². The van der Waals surface area contributed by atoms with Gasteiger partial charge in [0.1, 0.15) is 0 Å². The summed E-state index contributed by atoms with van der Waals surface area (Å²) in [6.45, 7) is 11.5. The predicted octanol–water partition coefficient (Wildman–Crippen LogP) is 3.09. The maximum Gasteiger partial charge on any atom is 0.223 e. The van der Waals surface area contributed by atoms with Crippen LogP contribution in [0, 0.1) is 23.2 Å². The van der Waals surface area contributed by atoms with E-state index in [0.29, 0.717) is 17.2 Å². The predicted molar refractivity (Wildman–Crippen MR) is 109 cm³/mol. The van der Waals surface area contributed by atoms with Crippen molar-refractivity contribution in [2.75, 3.05) is 39.3 Å². The Kier molecular flexibility index (Phi) is 9.52. The number of hydrogen-bond donors (Lipinski definition) is 2. The first-order valence-electron chi connectivity index (χ1n) is 9.80. The van der Waals surface area contributed by atoms with Crippen LogP contribution in [0.2, 0.25) is 0 Å². The normalized spacial score (nSPS) is 30.9. The van der Waals surface area contributed by atoms with Gasteiger partial charge in [-0.05, 0) is 75.4 Å². The number of likely N-dealkylation sites (tertiary alicyclic amines) is 1. The molecule has 3 unspecified atom stereocenters. The third kappa shape index (κ3) is 6.27. The second-order valence-corrected chi connectivity index (χ2v) is 8.57. The minimum absolute atomic E-state index is 0. The van der Waals surface area contributed by atoms with Crippen molar-refractivity contribution in [2.24, 2.45) is 23.2 Å². The molecule has 4 nitrogen and oxygen atoms in total. The van der Waals surface area contributed by atoms with Gasteiger partial charge in [-0.15, -0.1) is 24.8 Å². The van der Waals surface area contributed by atoms with E-state index in [1.54, 1.807) is 0 Å². The summed E-state index contributed by atoms with van der Waals surface area (Å²) in [4.78, 5) is 14.9. The van der Waals surface area contributed by atoms with E-state index in [1.165, 1.54) is 45.3 Å². The molecule has 2 aliphatic heterocycles.